The molecule has 2 atom stereocenters. The Hall–Kier alpha value is -1.42. The third-order valence-electron chi connectivity index (χ3n) is 2.49. The summed E-state index contributed by atoms with van der Waals surface area (Å²) < 4.78 is 0. The molecule has 1 saturated heterocycles. The van der Waals surface area contributed by atoms with Crippen LogP contribution < -0.4 is 5.32 Å². The maximum absolute atomic E-state index is 10.7. The number of aliphatic carboxylic acids is 1. The van der Waals surface area contributed by atoms with Crippen LogP contribution in [0.1, 0.15) is 24.6 Å². The van der Waals surface area contributed by atoms with Crippen LogP contribution in [-0.4, -0.2) is 22.1 Å². The number of carboxylic acids is 1. The Kier molecular flexibility index (Phi) is 2.45. The summed E-state index contributed by atoms with van der Waals surface area (Å²) in [5, 5.41) is 11.8. The number of nitrogens with one attached hydrogen (secondary N) is 1. The zero-order valence-electron chi connectivity index (χ0n) is 7.68. The molecule has 0 spiro atoms. The first kappa shape index (κ1) is 9.15. The molecule has 1 aromatic heterocycles. The van der Waals surface area contributed by atoms with Gasteiger partial charge in [0.1, 0.15) is 6.04 Å². The van der Waals surface area contributed by atoms with Crippen LogP contribution in [0.15, 0.2) is 24.4 Å². The molecule has 0 aliphatic carbocycles. The molecule has 0 bridgehead atoms. The average Bonchev–Trinajstić information content (AvgIpc) is 2.68. The van der Waals surface area contributed by atoms with Gasteiger partial charge in [-0.25, -0.2) is 0 Å². The lowest BCUT2D eigenvalue weighted by Gasteiger charge is -2.10. The Labute approximate surface area is 82.0 Å². The fourth-order valence-electron chi connectivity index (χ4n) is 1.75. The molecule has 1 aromatic rings. The van der Waals surface area contributed by atoms with Crippen molar-refractivity contribution in [2.75, 3.05) is 0 Å². The van der Waals surface area contributed by atoms with Crippen molar-refractivity contribution >= 4 is 5.97 Å². The monoisotopic (exact) mass is 192 g/mol. The molecule has 1 aliphatic heterocycles. The maximum atomic E-state index is 10.7. The molecule has 0 saturated carbocycles. The maximum Gasteiger partial charge on any atom is 0.320 e. The summed E-state index contributed by atoms with van der Waals surface area (Å²) in [5.74, 6) is -0.775. The van der Waals surface area contributed by atoms with Crippen molar-refractivity contribution in [3.05, 3.63) is 30.1 Å². The van der Waals surface area contributed by atoms with Crippen LogP contribution in [0.25, 0.3) is 0 Å². The van der Waals surface area contributed by atoms with E-state index < -0.39 is 12.0 Å². The molecular weight excluding hydrogens is 180 g/mol. The smallest absolute Gasteiger partial charge is 0.320 e. The van der Waals surface area contributed by atoms with Crippen molar-refractivity contribution in [2.24, 2.45) is 0 Å². The number of hydrogen-bond acceptors (Lipinski definition) is 3. The number of hydrogen-bond donors (Lipinski definition) is 2. The van der Waals surface area contributed by atoms with E-state index in [1.165, 1.54) is 0 Å². The molecule has 0 aromatic carbocycles. The summed E-state index contributed by atoms with van der Waals surface area (Å²) in [6.45, 7) is 0. The SMILES string of the molecule is O=C(O)[C@H]1CC[C@@H](c2ccccn2)N1. The minimum atomic E-state index is -0.775. The molecule has 2 heterocycles. The first-order valence-corrected chi connectivity index (χ1v) is 4.67. The highest BCUT2D eigenvalue weighted by Crippen LogP contribution is 2.24. The van der Waals surface area contributed by atoms with Crippen LogP contribution >= 0.6 is 0 Å². The van der Waals surface area contributed by atoms with E-state index in [9.17, 15) is 4.79 Å². The molecule has 74 valence electrons. The van der Waals surface area contributed by atoms with E-state index in [4.69, 9.17) is 5.11 Å². The lowest BCUT2D eigenvalue weighted by atomic mass is 10.1. The van der Waals surface area contributed by atoms with Crippen molar-refractivity contribution in [2.45, 2.75) is 24.9 Å². The molecule has 0 radical (unpaired) electrons. The summed E-state index contributed by atoms with van der Waals surface area (Å²) in [4.78, 5) is 14.9. The Bertz CT molecular complexity index is 326. The van der Waals surface area contributed by atoms with Gasteiger partial charge in [-0.15, -0.1) is 0 Å². The second kappa shape index (κ2) is 3.75. The Balaban J connectivity index is 2.06. The van der Waals surface area contributed by atoms with Gasteiger partial charge in [-0.2, -0.15) is 0 Å². The summed E-state index contributed by atoms with van der Waals surface area (Å²) in [6, 6.07) is 5.37. The number of carboxylic acid groups (broad SMARTS) is 1. The molecule has 1 fully saturated rings. The predicted molar refractivity (Wildman–Crippen MR) is 50.8 cm³/mol. The molecule has 0 unspecified atom stereocenters. The molecular formula is C10H12N2O2. The minimum Gasteiger partial charge on any atom is -0.480 e. The molecule has 1 aliphatic rings. The first-order chi connectivity index (χ1) is 6.77. The largest absolute Gasteiger partial charge is 0.480 e. The predicted octanol–water partition coefficient (Wildman–Crippen LogP) is 0.959. The molecule has 2 rings (SSSR count). The lowest BCUT2D eigenvalue weighted by Crippen LogP contribution is -2.32. The zero-order valence-corrected chi connectivity index (χ0v) is 7.68. The normalized spacial score (nSPS) is 26.3. The van der Waals surface area contributed by atoms with Crippen molar-refractivity contribution in [3.8, 4) is 0 Å². The zero-order chi connectivity index (χ0) is 9.97. The van der Waals surface area contributed by atoms with Crippen LogP contribution in [0.4, 0.5) is 0 Å². The fourth-order valence-corrected chi connectivity index (χ4v) is 1.75. The van der Waals surface area contributed by atoms with E-state index >= 15 is 0 Å². The van der Waals surface area contributed by atoms with Gasteiger partial charge in [-0.1, -0.05) is 6.07 Å². The minimum absolute atomic E-state index is 0.0947. The highest BCUT2D eigenvalue weighted by atomic mass is 16.4. The van der Waals surface area contributed by atoms with E-state index in [2.05, 4.69) is 10.3 Å². The van der Waals surface area contributed by atoms with Gasteiger partial charge in [0.15, 0.2) is 0 Å². The van der Waals surface area contributed by atoms with Gasteiger partial charge in [0.05, 0.1) is 11.7 Å². The van der Waals surface area contributed by atoms with Gasteiger partial charge >= 0.3 is 5.97 Å². The highest BCUT2D eigenvalue weighted by molar-refractivity contribution is 5.73. The van der Waals surface area contributed by atoms with Gasteiger partial charge in [0, 0.05) is 6.20 Å². The van der Waals surface area contributed by atoms with E-state index in [0.29, 0.717) is 6.42 Å². The number of rotatable bonds is 2. The number of carbonyl (C=O) groups is 1. The fraction of sp³-hybridized carbons (Fsp3) is 0.400. The molecule has 2 N–H and O–H groups in total. The van der Waals surface area contributed by atoms with Gasteiger partial charge in [0.2, 0.25) is 0 Å². The van der Waals surface area contributed by atoms with E-state index in [0.717, 1.165) is 12.1 Å². The standard InChI is InChI=1S/C10H12N2O2/c13-10(14)9-5-4-8(12-9)7-3-1-2-6-11-7/h1-3,6,8-9,12H,4-5H2,(H,13,14)/t8-,9+/m0/s1. The topological polar surface area (TPSA) is 62.2 Å². The summed E-state index contributed by atoms with van der Waals surface area (Å²) in [7, 11) is 0. The third-order valence-corrected chi connectivity index (χ3v) is 2.49. The van der Waals surface area contributed by atoms with Gasteiger partial charge < -0.3 is 5.11 Å². The Morgan fingerprint density at radius 3 is 2.93 bits per heavy atom. The second-order valence-corrected chi connectivity index (χ2v) is 3.44. The van der Waals surface area contributed by atoms with E-state index in [1.807, 2.05) is 18.2 Å². The van der Waals surface area contributed by atoms with Crippen molar-refractivity contribution in [3.63, 3.8) is 0 Å². The van der Waals surface area contributed by atoms with Gasteiger partial charge in [-0.3, -0.25) is 15.1 Å². The highest BCUT2D eigenvalue weighted by Gasteiger charge is 2.29. The lowest BCUT2D eigenvalue weighted by molar-refractivity contribution is -0.139. The third kappa shape index (κ3) is 1.75. The van der Waals surface area contributed by atoms with Crippen molar-refractivity contribution in [1.82, 2.24) is 10.3 Å². The van der Waals surface area contributed by atoms with Crippen molar-refractivity contribution < 1.29 is 9.90 Å². The van der Waals surface area contributed by atoms with Crippen LogP contribution in [0.5, 0.6) is 0 Å². The molecule has 4 heteroatoms. The Morgan fingerprint density at radius 1 is 1.50 bits per heavy atom. The first-order valence-electron chi connectivity index (χ1n) is 4.67. The second-order valence-electron chi connectivity index (χ2n) is 3.44. The van der Waals surface area contributed by atoms with Crippen LogP contribution in [-0.2, 0) is 4.79 Å². The summed E-state index contributed by atoms with van der Waals surface area (Å²) >= 11 is 0. The molecule has 0 amide bonds. The molecule has 14 heavy (non-hydrogen) atoms. The summed E-state index contributed by atoms with van der Waals surface area (Å²) in [5.41, 5.74) is 0.927. The summed E-state index contributed by atoms with van der Waals surface area (Å²) in [6.07, 6.45) is 3.25. The van der Waals surface area contributed by atoms with Crippen LogP contribution in [0.3, 0.4) is 0 Å². The quantitative estimate of drug-likeness (QED) is 0.732. The molecule has 4 nitrogen and oxygen atoms in total. The van der Waals surface area contributed by atoms with E-state index in [1.54, 1.807) is 6.20 Å². The average molecular weight is 192 g/mol. The van der Waals surface area contributed by atoms with Crippen LogP contribution in [0, 0.1) is 0 Å². The van der Waals surface area contributed by atoms with Crippen LogP contribution in [0.2, 0.25) is 0 Å². The number of pyridine rings is 1. The van der Waals surface area contributed by atoms with Gasteiger partial charge in [0.25, 0.3) is 0 Å². The van der Waals surface area contributed by atoms with Crippen molar-refractivity contribution in [1.29, 1.82) is 0 Å². The Morgan fingerprint density at radius 2 is 2.36 bits per heavy atom. The van der Waals surface area contributed by atoms with E-state index in [-0.39, 0.29) is 6.04 Å². The number of nitrogens with zero attached hydrogens (tertiary/aromatic N) is 1. The van der Waals surface area contributed by atoms with Gasteiger partial charge in [-0.05, 0) is 25.0 Å². The number of aromatic nitrogens is 1.